The van der Waals surface area contributed by atoms with Crippen LogP contribution < -0.4 is 20.3 Å². The number of rotatable bonds is 13. The molecule has 4 aromatic rings. The summed E-state index contributed by atoms with van der Waals surface area (Å²) in [6.07, 6.45) is -10.9. The zero-order valence-electron chi connectivity index (χ0n) is 40.7. The summed E-state index contributed by atoms with van der Waals surface area (Å²) in [5.41, 5.74) is -6.27. The van der Waals surface area contributed by atoms with E-state index in [0.29, 0.717) is 27.5 Å². The van der Waals surface area contributed by atoms with Gasteiger partial charge in [0.15, 0.2) is 29.5 Å². The molecule has 19 heteroatoms. The molecule has 2 heterocycles. The first kappa shape index (κ1) is 51.0. The molecular weight excluding hydrogens is 953 g/mol. The minimum absolute atomic E-state index is 0.0103. The van der Waals surface area contributed by atoms with Gasteiger partial charge in [0.1, 0.15) is 41.5 Å². The Bertz CT molecular complexity index is 2760. The highest BCUT2D eigenvalue weighted by molar-refractivity contribution is 7.97. The van der Waals surface area contributed by atoms with Crippen molar-refractivity contribution in [3.63, 3.8) is 0 Å². The number of hydrogen-bond acceptors (Lipinski definition) is 19. The van der Waals surface area contributed by atoms with Crippen molar-refractivity contribution < 1.29 is 77.5 Å². The third-order valence-electron chi connectivity index (χ3n) is 15.5. The number of carbonyl (C=O) groups excluding carboxylic acids is 4. The van der Waals surface area contributed by atoms with E-state index in [-0.39, 0.29) is 35.5 Å². The highest BCUT2D eigenvalue weighted by Gasteiger charge is 2.78. The number of nitrogens with zero attached hydrogens (tertiary/aromatic N) is 1. The number of benzene rings is 4. The lowest BCUT2D eigenvalue weighted by molar-refractivity contribution is -0.346. The molecule has 2 bridgehead atoms. The fourth-order valence-corrected chi connectivity index (χ4v) is 13.0. The Morgan fingerprint density at radius 1 is 0.875 bits per heavy atom. The molecule has 5 N–H and O–H groups in total. The number of fused-ring (bicyclic) bond motifs is 5. The summed E-state index contributed by atoms with van der Waals surface area (Å²) in [5, 5.41) is 38.5. The predicted octanol–water partition coefficient (Wildman–Crippen LogP) is 5.68. The molecule has 4 aromatic carbocycles. The lowest BCUT2D eigenvalue weighted by Gasteiger charge is -2.67. The minimum atomic E-state index is -2.35. The fourth-order valence-electron chi connectivity index (χ4n) is 11.8. The van der Waals surface area contributed by atoms with Crippen molar-refractivity contribution in [3.8, 4) is 17.2 Å². The van der Waals surface area contributed by atoms with Crippen molar-refractivity contribution >= 4 is 35.6 Å². The zero-order valence-corrected chi connectivity index (χ0v) is 41.5. The van der Waals surface area contributed by atoms with Crippen LogP contribution in [-0.2, 0) is 43.1 Å². The smallest absolute Gasteiger partial charge is 0.338 e. The Morgan fingerprint density at radius 3 is 2.19 bits per heavy atom. The van der Waals surface area contributed by atoms with E-state index < -0.39 is 107 Å². The number of Topliss-reactive ketones (excluding diaryl/α,β-unsaturated/α-hetero) is 1. The number of ketones is 1. The van der Waals surface area contributed by atoms with Gasteiger partial charge in [-0.3, -0.25) is 9.59 Å². The molecule has 5 aliphatic rings. The van der Waals surface area contributed by atoms with Crippen LogP contribution in [0.25, 0.3) is 0 Å². The summed E-state index contributed by atoms with van der Waals surface area (Å²) in [6, 6.07) is 28.3. The average Bonchev–Trinajstić information content (AvgIpc) is 3.74. The SMILES string of the molecule is COc1ccc(C2OC(C(=O)O[C@H]3C[C@@]4(O)[C@@H](OC(=O)c5ccccc5)[C@@H]5[C@]6(OC(C)=O)CO[C@@H]6C[C@H](O)[C@@]5(C)C(=O)[C@H](O)C(=C3C)C4(C)C)[C@H](c3ccccc3)N2Sc2ccccc2OON)c(OC)c1. The number of aliphatic hydroxyl groups is 3. The number of methoxy groups -OCH3 is 2. The first-order chi connectivity index (χ1) is 34.4. The maximum atomic E-state index is 15.4. The van der Waals surface area contributed by atoms with E-state index in [0.717, 1.165) is 0 Å². The summed E-state index contributed by atoms with van der Waals surface area (Å²) < 4.78 is 45.2. The normalized spacial score (nSPS) is 32.7. The summed E-state index contributed by atoms with van der Waals surface area (Å²) >= 11 is 1.18. The van der Waals surface area contributed by atoms with Crippen LogP contribution in [-0.4, -0.2) is 112 Å². The number of esters is 3. The van der Waals surface area contributed by atoms with Crippen LogP contribution >= 0.6 is 11.9 Å². The summed E-state index contributed by atoms with van der Waals surface area (Å²) in [6.45, 7) is 7.12. The van der Waals surface area contributed by atoms with Gasteiger partial charge in [-0.25, -0.2) is 13.9 Å². The van der Waals surface area contributed by atoms with E-state index in [4.69, 9.17) is 43.9 Å². The van der Waals surface area contributed by atoms with Crippen LogP contribution in [0.5, 0.6) is 17.2 Å². The van der Waals surface area contributed by atoms with E-state index in [2.05, 4.69) is 4.99 Å². The van der Waals surface area contributed by atoms with Crippen molar-refractivity contribution in [3.05, 3.63) is 131 Å². The summed E-state index contributed by atoms with van der Waals surface area (Å²) in [4.78, 5) is 68.8. The number of ether oxygens (including phenoxy) is 7. The Labute approximate surface area is 420 Å². The highest BCUT2D eigenvalue weighted by atomic mass is 32.2. The monoisotopic (exact) mass is 1010 g/mol. The quantitative estimate of drug-likeness (QED) is 0.0314. The Hall–Kier alpha value is -5.87. The second kappa shape index (κ2) is 19.5. The van der Waals surface area contributed by atoms with Gasteiger partial charge in [-0.15, -0.1) is 0 Å². The molecule has 2 unspecified atom stereocenters. The standard InChI is InChI=1S/C53H58N2O16S/c1-28-36(66-49(61)43-41(30-16-10-8-11-17-30)55(72-37-21-15-14-20-34(37)70-71-54)47(67-43)33-23-22-32(63-6)24-35(33)64-7)26-53(62)46(68-48(60)31-18-12-9-13-19-31)44-51(5,45(59)42(58)40(28)50(53,3)4)38(57)25-39-52(44,27-65-39)69-29(2)56/h8-24,36,38-39,41-44,46-47,57-58,62H,25-27,54H2,1-7H3/t36-,38-,39+,41-,42+,43?,44-,46-,47?,51+,52-,53+/m0/s1. The van der Waals surface area contributed by atoms with Crippen LogP contribution in [0, 0.1) is 16.7 Å². The summed E-state index contributed by atoms with van der Waals surface area (Å²) in [5.74, 6) is 1.54. The fraction of sp³-hybridized carbons (Fsp3) is 0.434. The first-order valence-electron chi connectivity index (χ1n) is 23.5. The molecule has 2 saturated carbocycles. The van der Waals surface area contributed by atoms with Gasteiger partial charge in [0.05, 0.1) is 54.8 Å². The van der Waals surface area contributed by atoms with E-state index in [9.17, 15) is 24.9 Å². The van der Waals surface area contributed by atoms with Crippen molar-refractivity contribution in [2.24, 2.45) is 22.6 Å². The number of para-hydroxylation sites is 1. The molecule has 0 aromatic heterocycles. The molecule has 18 nitrogen and oxygen atoms in total. The van der Waals surface area contributed by atoms with Gasteiger partial charge in [-0.05, 0) is 78.9 Å². The molecule has 4 fully saturated rings. The largest absolute Gasteiger partial charge is 0.497 e. The average molecular weight is 1010 g/mol. The van der Waals surface area contributed by atoms with Crippen molar-refractivity contribution in [1.82, 2.24) is 4.31 Å². The molecule has 0 amide bonds. The number of aliphatic hydroxyl groups excluding tert-OH is 2. The zero-order chi connectivity index (χ0) is 51.5. The molecule has 382 valence electrons. The minimum Gasteiger partial charge on any atom is -0.497 e. The third kappa shape index (κ3) is 8.24. The predicted molar refractivity (Wildman–Crippen MR) is 255 cm³/mol. The van der Waals surface area contributed by atoms with Gasteiger partial charge in [-0.1, -0.05) is 79.5 Å². The highest BCUT2D eigenvalue weighted by Crippen LogP contribution is 2.64. The molecule has 0 spiro atoms. The van der Waals surface area contributed by atoms with E-state index in [1.165, 1.54) is 52.1 Å². The number of nitrogens with two attached hydrogens (primary N) is 1. The topological polar surface area (TPSA) is 241 Å². The van der Waals surface area contributed by atoms with Crippen LogP contribution in [0.2, 0.25) is 0 Å². The third-order valence-corrected chi connectivity index (χ3v) is 16.7. The molecule has 9 rings (SSSR count). The van der Waals surface area contributed by atoms with Crippen LogP contribution in [0.1, 0.15) is 81.2 Å². The Balaban J connectivity index is 1.18. The van der Waals surface area contributed by atoms with E-state index in [1.807, 2.05) is 34.6 Å². The molecule has 3 aliphatic carbocycles. The van der Waals surface area contributed by atoms with E-state index in [1.54, 1.807) is 81.4 Å². The second-order valence-corrected chi connectivity index (χ2v) is 20.6. The van der Waals surface area contributed by atoms with Crippen LogP contribution in [0.3, 0.4) is 0 Å². The molecule has 12 atom stereocenters. The second-order valence-electron chi connectivity index (χ2n) is 19.5. The number of hydrogen-bond donors (Lipinski definition) is 4. The lowest BCUT2D eigenvalue weighted by atomic mass is 9.44. The lowest BCUT2D eigenvalue weighted by Crippen LogP contribution is -2.81. The van der Waals surface area contributed by atoms with Gasteiger partial charge in [0.2, 0.25) is 0 Å². The van der Waals surface area contributed by atoms with E-state index >= 15 is 9.59 Å². The Morgan fingerprint density at radius 2 is 1.56 bits per heavy atom. The van der Waals surface area contributed by atoms with Crippen molar-refractivity contribution in [2.45, 2.75) is 112 Å². The summed E-state index contributed by atoms with van der Waals surface area (Å²) in [7, 11) is 3.01. The van der Waals surface area contributed by atoms with Gasteiger partial charge in [-0.2, -0.15) is 5.90 Å². The molecule has 2 aliphatic heterocycles. The van der Waals surface area contributed by atoms with Crippen molar-refractivity contribution in [2.75, 3.05) is 20.8 Å². The van der Waals surface area contributed by atoms with Gasteiger partial charge >= 0.3 is 17.9 Å². The molecule has 0 radical (unpaired) electrons. The molecular formula is C53H58N2O16S. The van der Waals surface area contributed by atoms with Gasteiger partial charge in [0.25, 0.3) is 0 Å². The van der Waals surface area contributed by atoms with Gasteiger partial charge < -0.3 is 53.4 Å². The number of carbonyl (C=O) groups is 4. The first-order valence-corrected chi connectivity index (χ1v) is 24.3. The Kier molecular flexibility index (Phi) is 13.8. The van der Waals surface area contributed by atoms with Crippen LogP contribution in [0.15, 0.2) is 119 Å². The molecule has 2 saturated heterocycles. The van der Waals surface area contributed by atoms with Crippen LogP contribution in [0.4, 0.5) is 0 Å². The maximum absolute atomic E-state index is 15.4. The van der Waals surface area contributed by atoms with Gasteiger partial charge in [0, 0.05) is 36.8 Å². The molecule has 72 heavy (non-hydrogen) atoms. The maximum Gasteiger partial charge on any atom is 0.338 e. The van der Waals surface area contributed by atoms with Crippen molar-refractivity contribution in [1.29, 1.82) is 0 Å².